The van der Waals surface area contributed by atoms with Gasteiger partial charge in [0.15, 0.2) is 6.10 Å². The number of fused-ring (bicyclic) bond motifs is 2. The number of primary amides is 1. The van der Waals surface area contributed by atoms with E-state index in [1.165, 1.54) is 33.3 Å². The molecule has 0 saturated carbocycles. The van der Waals surface area contributed by atoms with Crippen molar-refractivity contribution in [3.05, 3.63) is 107 Å². The minimum Gasteiger partial charge on any atom is -0.439 e. The lowest BCUT2D eigenvalue weighted by molar-refractivity contribution is -0.120. The molecule has 1 aromatic carbocycles. The number of hydrogen-bond donors (Lipinski definition) is 3. The number of methoxy groups -OCH3 is 2. The van der Waals surface area contributed by atoms with Crippen molar-refractivity contribution in [2.45, 2.75) is 58.8 Å². The number of hydrogen-bond acceptors (Lipinski definition) is 10. The zero-order valence-corrected chi connectivity index (χ0v) is 29.8. The van der Waals surface area contributed by atoms with E-state index in [9.17, 15) is 24.0 Å². The second kappa shape index (κ2) is 19.1. The number of ketones is 2. The van der Waals surface area contributed by atoms with Crippen LogP contribution >= 0.6 is 0 Å². The number of rotatable bonds is 8. The SMILES string of the molecule is C=CCO/N=C1/[C@@H](OC)C[C@H](C)CC2=C(NC(=O)c3ccccc3)C(=O)C=C(NC(=O)/C(C)=C/C=C\[C@H](OC)[C@@H](OC(N)=O)/C(C)=C/[C@@H]1C)C2=O. The quantitative estimate of drug-likeness (QED) is 0.153. The number of ether oxygens (including phenoxy) is 3. The highest BCUT2D eigenvalue weighted by Crippen LogP contribution is 2.28. The maximum absolute atomic E-state index is 14.0. The maximum Gasteiger partial charge on any atom is 0.405 e. The van der Waals surface area contributed by atoms with Gasteiger partial charge in [-0.3, -0.25) is 19.2 Å². The van der Waals surface area contributed by atoms with Gasteiger partial charge in [0.25, 0.3) is 11.8 Å². The highest BCUT2D eigenvalue weighted by atomic mass is 16.6. The molecule has 1 aliphatic carbocycles. The van der Waals surface area contributed by atoms with Gasteiger partial charge < -0.3 is 35.4 Å². The number of allylic oxidation sites excluding steroid dienone is 5. The van der Waals surface area contributed by atoms with Crippen LogP contribution in [-0.4, -0.2) is 74.3 Å². The summed E-state index contributed by atoms with van der Waals surface area (Å²) in [6.45, 7) is 10.8. The molecule has 2 bridgehead atoms. The third-order valence-corrected chi connectivity index (χ3v) is 8.26. The summed E-state index contributed by atoms with van der Waals surface area (Å²) < 4.78 is 17.0. The van der Waals surface area contributed by atoms with Gasteiger partial charge in [0, 0.05) is 42.9 Å². The Bertz CT molecular complexity index is 1690. The Morgan fingerprint density at radius 3 is 2.43 bits per heavy atom. The number of carbonyl (C=O) groups excluding carboxylic acids is 5. The fourth-order valence-electron chi connectivity index (χ4n) is 5.66. The van der Waals surface area contributed by atoms with E-state index in [1.807, 2.05) is 19.9 Å². The lowest BCUT2D eigenvalue weighted by Crippen LogP contribution is -2.38. The van der Waals surface area contributed by atoms with Crippen LogP contribution < -0.4 is 16.4 Å². The predicted octanol–water partition coefficient (Wildman–Crippen LogP) is 4.39. The van der Waals surface area contributed by atoms with Crippen molar-refractivity contribution in [1.29, 1.82) is 0 Å². The largest absolute Gasteiger partial charge is 0.439 e. The van der Waals surface area contributed by atoms with Crippen LogP contribution in [0.25, 0.3) is 0 Å². The molecule has 1 aromatic rings. The molecule has 0 saturated heterocycles. The Labute approximate surface area is 298 Å². The molecule has 272 valence electrons. The Hall–Kier alpha value is -5.40. The summed E-state index contributed by atoms with van der Waals surface area (Å²) in [7, 11) is 2.94. The van der Waals surface area contributed by atoms with E-state index in [0.29, 0.717) is 23.3 Å². The lowest BCUT2D eigenvalue weighted by atomic mass is 9.85. The van der Waals surface area contributed by atoms with Crippen molar-refractivity contribution in [2.24, 2.45) is 22.7 Å². The molecule has 13 nitrogen and oxygen atoms in total. The number of nitrogens with zero attached hydrogens (tertiary/aromatic N) is 1. The number of oxime groups is 1. The fourth-order valence-corrected chi connectivity index (χ4v) is 5.66. The summed E-state index contributed by atoms with van der Waals surface area (Å²) in [6, 6.07) is 8.28. The molecule has 51 heavy (non-hydrogen) atoms. The van der Waals surface area contributed by atoms with Gasteiger partial charge in [-0.15, -0.1) is 0 Å². The van der Waals surface area contributed by atoms with Gasteiger partial charge in [-0.05, 0) is 50.3 Å². The molecule has 0 aromatic heterocycles. The van der Waals surface area contributed by atoms with Crippen molar-refractivity contribution in [3.63, 3.8) is 0 Å². The summed E-state index contributed by atoms with van der Waals surface area (Å²) in [5.74, 6) is -3.25. The van der Waals surface area contributed by atoms with Crippen LogP contribution in [0.15, 0.2) is 107 Å². The first-order valence-corrected chi connectivity index (χ1v) is 16.4. The molecular formula is C38H46N4O9. The van der Waals surface area contributed by atoms with Gasteiger partial charge in [0.2, 0.25) is 11.6 Å². The summed E-state index contributed by atoms with van der Waals surface area (Å²) in [5, 5.41) is 9.57. The standard InChI is InChI=1S/C38H46N4O9/c1-8-17-50-42-32-24(4)20-25(5)35(51-38(39)47)30(48-6)16-12-13-23(3)36(45)40-28-21-29(43)33(41-37(46)26-14-10-9-11-15-26)27(34(28)44)18-22(2)19-31(32)49-7/h8-16,20-22,24,30-31,35H,1,17-19H2,2-7H3,(H2,39,47)(H,40,45)(H,41,46)/b16-12-,23-13+,25-20+,42-32+/t22-,24+,30+,31+,35+/m1/s1. The van der Waals surface area contributed by atoms with Gasteiger partial charge in [0.1, 0.15) is 12.7 Å². The average Bonchev–Trinajstić information content (AvgIpc) is 3.10. The first kappa shape index (κ1) is 40.0. The van der Waals surface area contributed by atoms with Gasteiger partial charge in [0.05, 0.1) is 23.2 Å². The molecule has 5 atom stereocenters. The summed E-state index contributed by atoms with van der Waals surface area (Å²) in [4.78, 5) is 71.4. The predicted molar refractivity (Wildman–Crippen MR) is 191 cm³/mol. The third-order valence-electron chi connectivity index (χ3n) is 8.26. The molecule has 0 unspecified atom stereocenters. The Morgan fingerprint density at radius 1 is 1.10 bits per heavy atom. The van der Waals surface area contributed by atoms with Crippen LogP contribution in [-0.2, 0) is 33.4 Å². The van der Waals surface area contributed by atoms with Crippen molar-refractivity contribution in [1.82, 2.24) is 10.6 Å². The van der Waals surface area contributed by atoms with Crippen LogP contribution in [0.4, 0.5) is 4.79 Å². The summed E-state index contributed by atoms with van der Waals surface area (Å²) in [6.07, 6.45) is 5.86. The number of benzene rings is 1. The van der Waals surface area contributed by atoms with E-state index < -0.39 is 53.7 Å². The average molecular weight is 703 g/mol. The second-order valence-electron chi connectivity index (χ2n) is 12.2. The topological polar surface area (TPSA) is 185 Å². The number of nitrogens with two attached hydrogens (primary N) is 1. The van der Waals surface area contributed by atoms with Crippen molar-refractivity contribution < 1.29 is 43.0 Å². The van der Waals surface area contributed by atoms with Gasteiger partial charge >= 0.3 is 6.09 Å². The van der Waals surface area contributed by atoms with E-state index in [0.717, 1.165) is 6.08 Å². The molecule has 3 rings (SSSR count). The van der Waals surface area contributed by atoms with E-state index in [1.54, 1.807) is 49.4 Å². The van der Waals surface area contributed by atoms with Crippen LogP contribution in [0.3, 0.4) is 0 Å². The Kier molecular flexibility index (Phi) is 15.0. The smallest absolute Gasteiger partial charge is 0.405 e. The summed E-state index contributed by atoms with van der Waals surface area (Å²) >= 11 is 0. The first-order valence-electron chi connectivity index (χ1n) is 16.4. The fraction of sp³-hybridized carbons (Fsp3) is 0.368. The highest BCUT2D eigenvalue weighted by Gasteiger charge is 2.34. The minimum absolute atomic E-state index is 0.0310. The van der Waals surface area contributed by atoms with Crippen LogP contribution in [0.2, 0.25) is 0 Å². The zero-order chi connectivity index (χ0) is 37.7. The number of Topliss-reactive ketones (excluding diaryl/α,β-unsaturated/α-hetero) is 1. The number of carbonyl (C=O) groups is 5. The van der Waals surface area contributed by atoms with E-state index in [4.69, 9.17) is 24.8 Å². The first-order chi connectivity index (χ1) is 24.3. The lowest BCUT2D eigenvalue weighted by Gasteiger charge is -2.27. The van der Waals surface area contributed by atoms with E-state index in [-0.39, 0.29) is 41.5 Å². The normalized spacial score (nSPS) is 27.3. The van der Waals surface area contributed by atoms with Gasteiger partial charge in [-0.1, -0.05) is 74.2 Å². The molecule has 13 heteroatoms. The van der Waals surface area contributed by atoms with Crippen LogP contribution in [0, 0.1) is 11.8 Å². The molecular weight excluding hydrogens is 656 g/mol. The maximum atomic E-state index is 14.0. The molecule has 0 fully saturated rings. The van der Waals surface area contributed by atoms with Crippen LogP contribution in [0.5, 0.6) is 0 Å². The van der Waals surface area contributed by atoms with Gasteiger partial charge in [-0.25, -0.2) is 4.79 Å². The van der Waals surface area contributed by atoms with E-state index >= 15 is 0 Å². The van der Waals surface area contributed by atoms with Crippen LogP contribution in [0.1, 0.15) is 50.9 Å². The Morgan fingerprint density at radius 2 is 1.80 bits per heavy atom. The monoisotopic (exact) mass is 702 g/mol. The zero-order valence-electron chi connectivity index (χ0n) is 29.8. The molecule has 0 radical (unpaired) electrons. The minimum atomic E-state index is -1.01. The molecule has 0 spiro atoms. The van der Waals surface area contributed by atoms with Gasteiger partial charge in [-0.2, -0.15) is 0 Å². The molecule has 4 N–H and O–H groups in total. The third kappa shape index (κ3) is 11.0. The number of nitrogens with one attached hydrogen (secondary N) is 2. The second-order valence-corrected chi connectivity index (χ2v) is 12.2. The van der Waals surface area contributed by atoms with Crippen molar-refractivity contribution in [3.8, 4) is 0 Å². The molecule has 1 aliphatic heterocycles. The van der Waals surface area contributed by atoms with E-state index in [2.05, 4.69) is 22.4 Å². The van der Waals surface area contributed by atoms with Crippen molar-refractivity contribution >= 4 is 35.2 Å². The summed E-state index contributed by atoms with van der Waals surface area (Å²) in [5.41, 5.74) is 6.61. The molecule has 1 heterocycles. The molecule has 2 aliphatic rings. The number of amides is 3. The van der Waals surface area contributed by atoms with Crippen molar-refractivity contribution in [2.75, 3.05) is 20.8 Å². The Balaban J connectivity index is 2.18. The highest BCUT2D eigenvalue weighted by molar-refractivity contribution is 6.24. The molecule has 3 amide bonds.